The number of hydrogen-bond acceptors (Lipinski definition) is 5. The molecule has 2 aromatic carbocycles. The number of para-hydroxylation sites is 2. The first-order valence-corrected chi connectivity index (χ1v) is 5.29. The summed E-state index contributed by atoms with van der Waals surface area (Å²) < 4.78 is 5.17. The molecule has 2 rings (SSSR count). The second-order valence-electron chi connectivity index (χ2n) is 3.82. The third-order valence-corrected chi connectivity index (χ3v) is 2.34. The second-order valence-corrected chi connectivity index (χ2v) is 3.82. The molecular weight excluding hydrogens is 230 g/mol. The van der Waals surface area contributed by atoms with Crippen molar-refractivity contribution in [3.63, 3.8) is 0 Å². The van der Waals surface area contributed by atoms with Crippen LogP contribution in [0.25, 0.3) is 0 Å². The molecule has 18 heavy (non-hydrogen) atoms. The maximum Gasteiger partial charge on any atom is 0.343 e. The van der Waals surface area contributed by atoms with E-state index in [1.165, 1.54) is 12.1 Å². The monoisotopic (exact) mass is 243 g/mol. The van der Waals surface area contributed by atoms with E-state index in [1.54, 1.807) is 30.3 Å². The molecule has 0 aliphatic rings. The van der Waals surface area contributed by atoms with E-state index in [2.05, 4.69) is 0 Å². The molecule has 92 valence electrons. The molecule has 0 unspecified atom stereocenters. The SMILES string of the molecule is Nc1cc(N)cc(C(=O)Oc2ccccc2N)c1. The molecule has 0 amide bonds. The van der Waals surface area contributed by atoms with E-state index in [0.717, 1.165) is 0 Å². The van der Waals surface area contributed by atoms with Crippen LogP contribution in [-0.2, 0) is 0 Å². The fourth-order valence-corrected chi connectivity index (χ4v) is 1.53. The highest BCUT2D eigenvalue weighted by molar-refractivity contribution is 5.93. The molecule has 6 N–H and O–H groups in total. The van der Waals surface area contributed by atoms with Crippen LogP contribution in [0, 0.1) is 0 Å². The molecule has 0 bridgehead atoms. The van der Waals surface area contributed by atoms with Crippen LogP contribution in [0.2, 0.25) is 0 Å². The highest BCUT2D eigenvalue weighted by Gasteiger charge is 2.11. The van der Waals surface area contributed by atoms with E-state index >= 15 is 0 Å². The zero-order valence-electron chi connectivity index (χ0n) is 9.59. The molecular formula is C13H13N3O2. The molecule has 0 aliphatic carbocycles. The lowest BCUT2D eigenvalue weighted by Gasteiger charge is -2.07. The number of anilines is 3. The highest BCUT2D eigenvalue weighted by Crippen LogP contribution is 2.22. The molecule has 2 aromatic rings. The summed E-state index contributed by atoms with van der Waals surface area (Å²) in [4.78, 5) is 11.9. The van der Waals surface area contributed by atoms with E-state index in [-0.39, 0.29) is 5.56 Å². The van der Waals surface area contributed by atoms with E-state index in [0.29, 0.717) is 22.8 Å². The predicted octanol–water partition coefficient (Wildman–Crippen LogP) is 1.65. The second kappa shape index (κ2) is 4.67. The van der Waals surface area contributed by atoms with Gasteiger partial charge in [0.25, 0.3) is 0 Å². The van der Waals surface area contributed by atoms with Gasteiger partial charge in [0.1, 0.15) is 0 Å². The Balaban J connectivity index is 2.25. The van der Waals surface area contributed by atoms with E-state index < -0.39 is 5.97 Å². The van der Waals surface area contributed by atoms with Gasteiger partial charge in [-0.1, -0.05) is 12.1 Å². The third-order valence-electron chi connectivity index (χ3n) is 2.34. The zero-order chi connectivity index (χ0) is 13.1. The van der Waals surface area contributed by atoms with Gasteiger partial charge in [-0.15, -0.1) is 0 Å². The average molecular weight is 243 g/mol. The summed E-state index contributed by atoms with van der Waals surface area (Å²) in [6, 6.07) is 11.3. The van der Waals surface area contributed by atoms with Crippen molar-refractivity contribution in [1.29, 1.82) is 0 Å². The van der Waals surface area contributed by atoms with Crippen molar-refractivity contribution >= 4 is 23.0 Å². The molecule has 0 aromatic heterocycles. The van der Waals surface area contributed by atoms with Crippen LogP contribution >= 0.6 is 0 Å². The first kappa shape index (κ1) is 11.8. The van der Waals surface area contributed by atoms with E-state index in [4.69, 9.17) is 21.9 Å². The maximum atomic E-state index is 11.9. The lowest BCUT2D eigenvalue weighted by atomic mass is 10.2. The van der Waals surface area contributed by atoms with Crippen molar-refractivity contribution in [2.45, 2.75) is 0 Å². The third kappa shape index (κ3) is 2.52. The van der Waals surface area contributed by atoms with Crippen molar-refractivity contribution < 1.29 is 9.53 Å². The van der Waals surface area contributed by atoms with Crippen LogP contribution < -0.4 is 21.9 Å². The molecule has 0 saturated heterocycles. The molecule has 0 spiro atoms. The summed E-state index contributed by atoms with van der Waals surface area (Å²) >= 11 is 0. The minimum Gasteiger partial charge on any atom is -0.421 e. The number of nitrogen functional groups attached to an aromatic ring is 3. The van der Waals surface area contributed by atoms with E-state index in [9.17, 15) is 4.79 Å². The van der Waals surface area contributed by atoms with Gasteiger partial charge in [-0.05, 0) is 30.3 Å². The molecule has 0 heterocycles. The number of nitrogens with two attached hydrogens (primary N) is 3. The van der Waals surface area contributed by atoms with Crippen LogP contribution in [0.4, 0.5) is 17.1 Å². The zero-order valence-corrected chi connectivity index (χ0v) is 9.59. The summed E-state index contributed by atoms with van der Waals surface area (Å²) in [6.07, 6.45) is 0. The van der Waals surface area contributed by atoms with E-state index in [1.807, 2.05) is 0 Å². The first-order valence-electron chi connectivity index (χ1n) is 5.29. The van der Waals surface area contributed by atoms with Gasteiger partial charge >= 0.3 is 5.97 Å². The van der Waals surface area contributed by atoms with Crippen molar-refractivity contribution in [2.75, 3.05) is 17.2 Å². The lowest BCUT2D eigenvalue weighted by Crippen LogP contribution is -2.10. The Labute approximate surface area is 104 Å². The predicted molar refractivity (Wildman–Crippen MR) is 71.1 cm³/mol. The normalized spacial score (nSPS) is 10.0. The van der Waals surface area contributed by atoms with Crippen LogP contribution in [0.15, 0.2) is 42.5 Å². The van der Waals surface area contributed by atoms with Crippen molar-refractivity contribution in [1.82, 2.24) is 0 Å². The van der Waals surface area contributed by atoms with Crippen LogP contribution in [0.5, 0.6) is 5.75 Å². The smallest absolute Gasteiger partial charge is 0.343 e. The minimum absolute atomic E-state index is 0.288. The minimum atomic E-state index is -0.549. The number of carbonyl (C=O) groups is 1. The number of benzene rings is 2. The molecule has 0 atom stereocenters. The number of esters is 1. The maximum absolute atomic E-state index is 11.9. The van der Waals surface area contributed by atoms with Gasteiger partial charge in [-0.2, -0.15) is 0 Å². The largest absolute Gasteiger partial charge is 0.421 e. The topological polar surface area (TPSA) is 104 Å². The standard InChI is InChI=1S/C13H13N3O2/c14-9-5-8(6-10(15)7-9)13(17)18-12-4-2-1-3-11(12)16/h1-7H,14-16H2. The summed E-state index contributed by atoms with van der Waals surface area (Å²) in [6.45, 7) is 0. The Hall–Kier alpha value is -2.69. The Morgan fingerprint density at radius 3 is 2.17 bits per heavy atom. The average Bonchev–Trinajstić information content (AvgIpc) is 2.31. The van der Waals surface area contributed by atoms with Crippen molar-refractivity contribution in [3.8, 4) is 5.75 Å². The van der Waals surface area contributed by atoms with Gasteiger partial charge in [0.2, 0.25) is 0 Å². The number of ether oxygens (including phenoxy) is 1. The molecule has 0 saturated carbocycles. The molecule has 0 fully saturated rings. The fraction of sp³-hybridized carbons (Fsp3) is 0. The Morgan fingerprint density at radius 2 is 1.56 bits per heavy atom. The van der Waals surface area contributed by atoms with Crippen LogP contribution in [-0.4, -0.2) is 5.97 Å². The van der Waals surface area contributed by atoms with Gasteiger partial charge in [0.15, 0.2) is 5.75 Å². The fourth-order valence-electron chi connectivity index (χ4n) is 1.53. The summed E-state index contributed by atoms with van der Waals surface area (Å²) in [5.74, 6) is -0.240. The van der Waals surface area contributed by atoms with Crippen LogP contribution in [0.1, 0.15) is 10.4 Å². The Kier molecular flexibility index (Phi) is 3.05. The number of hydrogen-bond donors (Lipinski definition) is 3. The van der Waals surface area contributed by atoms with Crippen molar-refractivity contribution in [2.24, 2.45) is 0 Å². The van der Waals surface area contributed by atoms with Gasteiger partial charge in [0, 0.05) is 11.4 Å². The number of rotatable bonds is 2. The Morgan fingerprint density at radius 1 is 0.944 bits per heavy atom. The summed E-state index contributed by atoms with van der Waals surface area (Å²) in [5, 5.41) is 0. The van der Waals surface area contributed by atoms with Gasteiger partial charge < -0.3 is 21.9 Å². The lowest BCUT2D eigenvalue weighted by molar-refractivity contribution is 0.0736. The van der Waals surface area contributed by atoms with Gasteiger partial charge in [0.05, 0.1) is 11.3 Å². The van der Waals surface area contributed by atoms with Gasteiger partial charge in [-0.3, -0.25) is 0 Å². The van der Waals surface area contributed by atoms with Gasteiger partial charge in [-0.25, -0.2) is 4.79 Å². The molecule has 0 radical (unpaired) electrons. The molecule has 5 heteroatoms. The quantitative estimate of drug-likeness (QED) is 0.422. The molecule has 5 nitrogen and oxygen atoms in total. The first-order chi connectivity index (χ1) is 8.56. The highest BCUT2D eigenvalue weighted by atomic mass is 16.5. The van der Waals surface area contributed by atoms with Crippen molar-refractivity contribution in [3.05, 3.63) is 48.0 Å². The number of carbonyl (C=O) groups excluding carboxylic acids is 1. The Bertz CT molecular complexity index is 576. The summed E-state index contributed by atoms with van der Waals surface area (Å²) in [7, 11) is 0. The van der Waals surface area contributed by atoms with Crippen LogP contribution in [0.3, 0.4) is 0 Å². The summed E-state index contributed by atoms with van der Waals surface area (Å²) in [5.41, 5.74) is 18.4. The molecule has 0 aliphatic heterocycles.